The van der Waals surface area contributed by atoms with Gasteiger partial charge < -0.3 is 4.90 Å². The van der Waals surface area contributed by atoms with E-state index in [0.29, 0.717) is 43.7 Å². The topological polar surface area (TPSA) is 60.9 Å². The summed E-state index contributed by atoms with van der Waals surface area (Å²) in [6.07, 6.45) is 2.37. The molecule has 144 valence electrons. The monoisotopic (exact) mass is 399 g/mol. The number of piperazine rings is 1. The molecule has 1 aromatic carbocycles. The Labute approximate surface area is 160 Å². The molecule has 0 aromatic heterocycles. The summed E-state index contributed by atoms with van der Waals surface area (Å²) in [7, 11) is -3.54. The van der Waals surface area contributed by atoms with Gasteiger partial charge in [0, 0.05) is 37.7 Å². The van der Waals surface area contributed by atoms with E-state index in [1.165, 1.54) is 22.9 Å². The van der Waals surface area contributed by atoms with Gasteiger partial charge in [-0.25, -0.2) is 8.42 Å². The maximum Gasteiger partial charge on any atom is 0.243 e. The Morgan fingerprint density at radius 3 is 2.38 bits per heavy atom. The zero-order valence-corrected chi connectivity index (χ0v) is 16.7. The maximum absolute atomic E-state index is 12.7. The molecule has 0 N–H and O–H groups in total. The van der Waals surface area contributed by atoms with Gasteiger partial charge in [0.25, 0.3) is 0 Å². The van der Waals surface area contributed by atoms with Crippen LogP contribution in [0.4, 0.5) is 0 Å². The van der Waals surface area contributed by atoms with Gasteiger partial charge in [0.05, 0.1) is 11.4 Å². The molecule has 0 radical (unpaired) electrons. The van der Waals surface area contributed by atoms with Crippen molar-refractivity contribution in [2.24, 2.45) is 5.92 Å². The zero-order valence-electron chi connectivity index (χ0n) is 15.1. The van der Waals surface area contributed by atoms with Crippen molar-refractivity contribution in [1.82, 2.24) is 14.1 Å². The highest BCUT2D eigenvalue weighted by molar-refractivity contribution is 7.89. The van der Waals surface area contributed by atoms with Gasteiger partial charge in [-0.15, -0.1) is 0 Å². The van der Waals surface area contributed by atoms with Crippen LogP contribution in [0.2, 0.25) is 5.02 Å². The third-order valence-electron chi connectivity index (χ3n) is 5.14. The fourth-order valence-corrected chi connectivity index (χ4v) is 5.20. The molecule has 0 aliphatic carbocycles. The molecule has 1 amide bonds. The normalized spacial score (nSPS) is 23.2. The van der Waals surface area contributed by atoms with Gasteiger partial charge in [0.15, 0.2) is 0 Å². The molecule has 1 unspecified atom stereocenters. The van der Waals surface area contributed by atoms with E-state index in [-0.39, 0.29) is 10.8 Å². The lowest BCUT2D eigenvalue weighted by Crippen LogP contribution is -2.53. The molecule has 2 saturated heterocycles. The molecule has 2 aliphatic heterocycles. The summed E-state index contributed by atoms with van der Waals surface area (Å²) < 4.78 is 26.8. The highest BCUT2D eigenvalue weighted by Crippen LogP contribution is 2.20. The van der Waals surface area contributed by atoms with E-state index in [1.807, 2.05) is 0 Å². The summed E-state index contributed by atoms with van der Waals surface area (Å²) in [6.45, 7) is 6.13. The number of sulfonamides is 1. The minimum absolute atomic E-state index is 0.0997. The van der Waals surface area contributed by atoms with E-state index in [0.717, 1.165) is 19.5 Å². The summed E-state index contributed by atoms with van der Waals surface area (Å²) in [5.74, 6) is 0.737. The number of hydrogen-bond donors (Lipinski definition) is 0. The van der Waals surface area contributed by atoms with Crippen LogP contribution in [0, 0.1) is 5.92 Å². The van der Waals surface area contributed by atoms with Crippen LogP contribution in [-0.2, 0) is 14.8 Å². The van der Waals surface area contributed by atoms with Gasteiger partial charge in [0.1, 0.15) is 0 Å². The van der Waals surface area contributed by atoms with Crippen LogP contribution in [0.25, 0.3) is 0 Å². The summed E-state index contributed by atoms with van der Waals surface area (Å²) in [6, 6.07) is 6.20. The fraction of sp³-hybridized carbons (Fsp3) is 0.611. The highest BCUT2D eigenvalue weighted by Gasteiger charge is 2.30. The number of carbonyl (C=O) groups is 1. The Kier molecular flexibility index (Phi) is 6.22. The smallest absolute Gasteiger partial charge is 0.243 e. The number of rotatable bonds is 4. The van der Waals surface area contributed by atoms with Gasteiger partial charge in [-0.2, -0.15) is 4.31 Å². The lowest BCUT2D eigenvalue weighted by atomic mass is 10.0. The van der Waals surface area contributed by atoms with Crippen LogP contribution in [-0.4, -0.2) is 74.2 Å². The van der Waals surface area contributed by atoms with Crippen molar-refractivity contribution < 1.29 is 13.2 Å². The van der Waals surface area contributed by atoms with E-state index in [2.05, 4.69) is 11.8 Å². The summed E-state index contributed by atoms with van der Waals surface area (Å²) >= 11 is 5.83. The highest BCUT2D eigenvalue weighted by atomic mass is 35.5. The van der Waals surface area contributed by atoms with E-state index in [1.54, 1.807) is 17.0 Å². The van der Waals surface area contributed by atoms with E-state index >= 15 is 0 Å². The molecule has 3 rings (SSSR count). The number of halogens is 1. The Balaban J connectivity index is 1.55. The largest absolute Gasteiger partial charge is 0.339 e. The first-order valence-electron chi connectivity index (χ1n) is 9.12. The molecule has 0 bridgehead atoms. The number of carbonyl (C=O) groups excluding carboxylic acids is 1. The average molecular weight is 400 g/mol. The van der Waals surface area contributed by atoms with Crippen LogP contribution in [0.1, 0.15) is 19.8 Å². The number of nitrogens with zero attached hydrogens (tertiary/aromatic N) is 3. The summed E-state index contributed by atoms with van der Waals surface area (Å²) in [5, 5.41) is 0.506. The Hall–Kier alpha value is -1.15. The molecule has 0 spiro atoms. The van der Waals surface area contributed by atoms with Gasteiger partial charge in [-0.1, -0.05) is 18.5 Å². The van der Waals surface area contributed by atoms with Crippen LogP contribution >= 0.6 is 11.6 Å². The van der Waals surface area contributed by atoms with Crippen molar-refractivity contribution in [2.45, 2.75) is 24.7 Å². The fourth-order valence-electron chi connectivity index (χ4n) is 3.66. The third kappa shape index (κ3) is 4.57. The Morgan fingerprint density at radius 1 is 1.12 bits per heavy atom. The number of benzene rings is 1. The summed E-state index contributed by atoms with van der Waals surface area (Å²) in [5.41, 5.74) is 0. The molecule has 8 heteroatoms. The van der Waals surface area contributed by atoms with Gasteiger partial charge in [-0.3, -0.25) is 9.69 Å². The van der Waals surface area contributed by atoms with Crippen LogP contribution in [0.5, 0.6) is 0 Å². The first kappa shape index (κ1) is 19.6. The molecule has 2 heterocycles. The van der Waals surface area contributed by atoms with Crippen molar-refractivity contribution in [3.63, 3.8) is 0 Å². The second-order valence-electron chi connectivity index (χ2n) is 7.22. The van der Waals surface area contributed by atoms with Crippen molar-refractivity contribution >= 4 is 27.5 Å². The number of piperidine rings is 1. The van der Waals surface area contributed by atoms with Gasteiger partial charge >= 0.3 is 0 Å². The molecule has 6 nitrogen and oxygen atoms in total. The van der Waals surface area contributed by atoms with Crippen LogP contribution in [0.3, 0.4) is 0 Å². The lowest BCUT2D eigenvalue weighted by Gasteiger charge is -2.36. The van der Waals surface area contributed by atoms with E-state index in [4.69, 9.17) is 11.6 Å². The zero-order chi connectivity index (χ0) is 18.7. The van der Waals surface area contributed by atoms with Gasteiger partial charge in [-0.05, 0) is 49.6 Å². The molecule has 26 heavy (non-hydrogen) atoms. The molecular weight excluding hydrogens is 374 g/mol. The molecule has 1 atom stereocenters. The standard InChI is InChI=1S/C18H26ClN3O3S/c1-15-3-2-8-20(13-15)14-18(23)21-9-11-22(12-10-21)26(24,25)17-6-4-16(19)5-7-17/h4-7,15H,2-3,8-14H2,1H3. The van der Waals surface area contributed by atoms with E-state index < -0.39 is 10.0 Å². The Bertz CT molecular complexity index is 731. The van der Waals surface area contributed by atoms with Crippen molar-refractivity contribution in [1.29, 1.82) is 0 Å². The van der Waals surface area contributed by atoms with E-state index in [9.17, 15) is 13.2 Å². The number of hydrogen-bond acceptors (Lipinski definition) is 4. The van der Waals surface area contributed by atoms with Crippen LogP contribution < -0.4 is 0 Å². The second-order valence-corrected chi connectivity index (χ2v) is 9.60. The molecular formula is C18H26ClN3O3S. The predicted molar refractivity (Wildman–Crippen MR) is 102 cm³/mol. The third-order valence-corrected chi connectivity index (χ3v) is 7.31. The van der Waals surface area contributed by atoms with Crippen molar-refractivity contribution in [2.75, 3.05) is 45.8 Å². The van der Waals surface area contributed by atoms with Crippen LogP contribution in [0.15, 0.2) is 29.2 Å². The first-order chi connectivity index (χ1) is 12.4. The van der Waals surface area contributed by atoms with Gasteiger partial charge in [0.2, 0.25) is 15.9 Å². The minimum Gasteiger partial charge on any atom is -0.339 e. The quantitative estimate of drug-likeness (QED) is 0.775. The molecule has 2 aliphatic rings. The second kappa shape index (κ2) is 8.25. The molecule has 1 aromatic rings. The minimum atomic E-state index is -3.54. The van der Waals surface area contributed by atoms with Crippen molar-refractivity contribution in [3.8, 4) is 0 Å². The number of amides is 1. The lowest BCUT2D eigenvalue weighted by molar-refractivity contribution is -0.134. The van der Waals surface area contributed by atoms with Crippen molar-refractivity contribution in [3.05, 3.63) is 29.3 Å². The first-order valence-corrected chi connectivity index (χ1v) is 10.9. The molecule has 2 fully saturated rings. The predicted octanol–water partition coefficient (Wildman–Crippen LogP) is 1.90. The Morgan fingerprint density at radius 2 is 1.77 bits per heavy atom. The average Bonchev–Trinajstić information content (AvgIpc) is 2.62. The number of likely N-dealkylation sites (tertiary alicyclic amines) is 1. The SMILES string of the molecule is CC1CCCN(CC(=O)N2CCN(S(=O)(=O)c3ccc(Cl)cc3)CC2)C1. The summed E-state index contributed by atoms with van der Waals surface area (Å²) in [4.78, 5) is 16.8. The molecule has 0 saturated carbocycles. The maximum atomic E-state index is 12.7.